The number of nitrogens with one attached hydrogen (secondary N) is 2. The van der Waals surface area contributed by atoms with Crippen LogP contribution in [0, 0.1) is 13.8 Å². The van der Waals surface area contributed by atoms with Crippen molar-refractivity contribution in [2.24, 2.45) is 0 Å². The van der Waals surface area contributed by atoms with Gasteiger partial charge in [0.1, 0.15) is 5.76 Å². The molecule has 5 nitrogen and oxygen atoms in total. The molecule has 0 saturated heterocycles. The highest BCUT2D eigenvalue weighted by Gasteiger charge is 2.20. The molecule has 0 spiro atoms. The van der Waals surface area contributed by atoms with Gasteiger partial charge in [0, 0.05) is 18.2 Å². The van der Waals surface area contributed by atoms with Crippen molar-refractivity contribution in [2.75, 3.05) is 6.54 Å². The van der Waals surface area contributed by atoms with E-state index in [-0.39, 0.29) is 18.0 Å². The van der Waals surface area contributed by atoms with E-state index in [9.17, 15) is 4.79 Å². The molecule has 1 aromatic heterocycles. The van der Waals surface area contributed by atoms with E-state index in [2.05, 4.69) is 22.7 Å². The second-order valence-corrected chi connectivity index (χ2v) is 5.35. The number of carbonyl (C=O) groups excluding carboxylic acids is 1. The lowest BCUT2D eigenvalue weighted by Crippen LogP contribution is -2.43. The van der Waals surface area contributed by atoms with E-state index in [0.29, 0.717) is 0 Å². The number of aromatic nitrogens is 1. The number of nitrogens with zero attached hydrogens (tertiary/aromatic N) is 1. The topological polar surface area (TPSA) is 67.2 Å². The van der Waals surface area contributed by atoms with Crippen LogP contribution in [0.15, 0.2) is 4.52 Å². The SMILES string of the molecule is CCCCCNC(=O)C(C)NC(C)c1c(C)noc1C. The number of hydrogen-bond acceptors (Lipinski definition) is 4. The van der Waals surface area contributed by atoms with Gasteiger partial charge in [0.05, 0.1) is 11.7 Å². The van der Waals surface area contributed by atoms with E-state index in [1.807, 2.05) is 27.7 Å². The third-order valence-electron chi connectivity index (χ3n) is 3.49. The molecular formula is C15H27N3O2. The number of carbonyl (C=O) groups is 1. The van der Waals surface area contributed by atoms with E-state index < -0.39 is 0 Å². The molecule has 20 heavy (non-hydrogen) atoms. The maximum Gasteiger partial charge on any atom is 0.236 e. The zero-order chi connectivity index (χ0) is 15.1. The predicted molar refractivity (Wildman–Crippen MR) is 79.5 cm³/mol. The zero-order valence-corrected chi connectivity index (χ0v) is 13.2. The Morgan fingerprint density at radius 2 is 2.00 bits per heavy atom. The molecule has 2 atom stereocenters. The lowest BCUT2D eigenvalue weighted by Gasteiger charge is -2.19. The van der Waals surface area contributed by atoms with Crippen molar-refractivity contribution in [3.63, 3.8) is 0 Å². The molecule has 0 aliphatic rings. The number of rotatable bonds is 8. The molecule has 5 heteroatoms. The van der Waals surface area contributed by atoms with Crippen molar-refractivity contribution in [3.05, 3.63) is 17.0 Å². The van der Waals surface area contributed by atoms with Crippen LogP contribution in [-0.2, 0) is 4.79 Å². The minimum Gasteiger partial charge on any atom is -0.361 e. The second kappa shape index (κ2) is 8.04. The molecule has 1 heterocycles. The first-order valence-electron chi connectivity index (χ1n) is 7.43. The van der Waals surface area contributed by atoms with E-state index in [0.717, 1.165) is 42.8 Å². The average Bonchev–Trinajstić information content (AvgIpc) is 2.73. The van der Waals surface area contributed by atoms with Gasteiger partial charge in [0.2, 0.25) is 5.91 Å². The summed E-state index contributed by atoms with van der Waals surface area (Å²) >= 11 is 0. The van der Waals surface area contributed by atoms with Crippen LogP contribution in [0.5, 0.6) is 0 Å². The summed E-state index contributed by atoms with van der Waals surface area (Å²) in [5.41, 5.74) is 1.91. The third-order valence-corrected chi connectivity index (χ3v) is 3.49. The van der Waals surface area contributed by atoms with Crippen molar-refractivity contribution in [3.8, 4) is 0 Å². The minimum absolute atomic E-state index is 0.0395. The molecule has 2 unspecified atom stereocenters. The number of unbranched alkanes of at least 4 members (excludes halogenated alkanes) is 2. The molecular weight excluding hydrogens is 254 g/mol. The molecule has 0 bridgehead atoms. The van der Waals surface area contributed by atoms with Gasteiger partial charge < -0.3 is 9.84 Å². The van der Waals surface area contributed by atoms with Crippen LogP contribution in [0.1, 0.15) is 63.1 Å². The minimum atomic E-state index is -0.236. The van der Waals surface area contributed by atoms with Crippen molar-refractivity contribution in [1.82, 2.24) is 15.8 Å². The number of hydrogen-bond donors (Lipinski definition) is 2. The Labute approximate surface area is 121 Å². The quantitative estimate of drug-likeness (QED) is 0.719. The lowest BCUT2D eigenvalue weighted by molar-refractivity contribution is -0.122. The molecule has 1 rings (SSSR count). The largest absolute Gasteiger partial charge is 0.361 e. The van der Waals surface area contributed by atoms with E-state index in [1.165, 1.54) is 0 Å². The van der Waals surface area contributed by atoms with Crippen molar-refractivity contribution >= 4 is 5.91 Å². The van der Waals surface area contributed by atoms with E-state index in [1.54, 1.807) is 0 Å². The molecule has 1 aromatic rings. The Kier molecular flexibility index (Phi) is 6.71. The van der Waals surface area contributed by atoms with Gasteiger partial charge in [-0.3, -0.25) is 10.1 Å². The van der Waals surface area contributed by atoms with Gasteiger partial charge in [-0.15, -0.1) is 0 Å². The van der Waals surface area contributed by atoms with Crippen LogP contribution in [-0.4, -0.2) is 23.7 Å². The van der Waals surface area contributed by atoms with Gasteiger partial charge in [-0.05, 0) is 34.1 Å². The smallest absolute Gasteiger partial charge is 0.236 e. The van der Waals surface area contributed by atoms with Gasteiger partial charge in [-0.1, -0.05) is 24.9 Å². The van der Waals surface area contributed by atoms with Gasteiger partial charge in [-0.25, -0.2) is 0 Å². The Morgan fingerprint density at radius 1 is 1.30 bits per heavy atom. The van der Waals surface area contributed by atoms with Gasteiger partial charge in [0.15, 0.2) is 0 Å². The third kappa shape index (κ3) is 4.63. The van der Waals surface area contributed by atoms with E-state index in [4.69, 9.17) is 4.52 Å². The summed E-state index contributed by atoms with van der Waals surface area (Å²) in [4.78, 5) is 12.0. The molecule has 0 radical (unpaired) electrons. The zero-order valence-electron chi connectivity index (χ0n) is 13.2. The van der Waals surface area contributed by atoms with E-state index >= 15 is 0 Å². The fraction of sp³-hybridized carbons (Fsp3) is 0.733. The van der Waals surface area contributed by atoms with Crippen LogP contribution in [0.3, 0.4) is 0 Å². The first-order valence-corrected chi connectivity index (χ1v) is 7.43. The normalized spacial score (nSPS) is 14.1. The Hall–Kier alpha value is -1.36. The van der Waals surface area contributed by atoms with Crippen molar-refractivity contribution in [1.29, 1.82) is 0 Å². The molecule has 114 valence electrons. The van der Waals surface area contributed by atoms with Crippen LogP contribution < -0.4 is 10.6 Å². The molecule has 0 aromatic carbocycles. The summed E-state index contributed by atoms with van der Waals surface area (Å²) in [6.07, 6.45) is 3.35. The number of amides is 1. The standard InChI is InChI=1S/C15H27N3O2/c1-6-7-8-9-16-15(19)12(4)17-10(2)14-11(3)18-20-13(14)5/h10,12,17H,6-9H2,1-5H3,(H,16,19). The Balaban J connectivity index is 2.45. The lowest BCUT2D eigenvalue weighted by atomic mass is 10.1. The van der Waals surface area contributed by atoms with Crippen molar-refractivity contribution in [2.45, 2.75) is 66.0 Å². The summed E-state index contributed by atoms with van der Waals surface area (Å²) in [5.74, 6) is 0.845. The summed E-state index contributed by atoms with van der Waals surface area (Å²) in [7, 11) is 0. The average molecular weight is 281 g/mol. The Morgan fingerprint density at radius 3 is 2.55 bits per heavy atom. The van der Waals surface area contributed by atoms with Crippen molar-refractivity contribution < 1.29 is 9.32 Å². The Bertz CT molecular complexity index is 409. The highest BCUT2D eigenvalue weighted by Crippen LogP contribution is 2.21. The molecule has 0 aliphatic heterocycles. The highest BCUT2D eigenvalue weighted by atomic mass is 16.5. The van der Waals surface area contributed by atoms with Crippen LogP contribution in [0.25, 0.3) is 0 Å². The predicted octanol–water partition coefficient (Wildman–Crippen LogP) is 2.64. The fourth-order valence-corrected chi connectivity index (χ4v) is 2.38. The van der Waals surface area contributed by atoms with Crippen LogP contribution >= 0.6 is 0 Å². The maximum atomic E-state index is 12.0. The van der Waals surface area contributed by atoms with Gasteiger partial charge in [-0.2, -0.15) is 0 Å². The monoisotopic (exact) mass is 281 g/mol. The number of aryl methyl sites for hydroxylation is 2. The molecule has 0 aliphatic carbocycles. The first kappa shape index (κ1) is 16.7. The highest BCUT2D eigenvalue weighted by molar-refractivity contribution is 5.81. The molecule has 2 N–H and O–H groups in total. The molecule has 0 fully saturated rings. The summed E-state index contributed by atoms with van der Waals surface area (Å²) < 4.78 is 5.16. The summed E-state index contributed by atoms with van der Waals surface area (Å²) in [6, 6.07) is -0.196. The van der Waals surface area contributed by atoms with Gasteiger partial charge in [0.25, 0.3) is 0 Å². The summed E-state index contributed by atoms with van der Waals surface area (Å²) in [6.45, 7) is 10.6. The molecule has 0 saturated carbocycles. The van der Waals surface area contributed by atoms with Crippen LogP contribution in [0.4, 0.5) is 0 Å². The maximum absolute atomic E-state index is 12.0. The fourth-order valence-electron chi connectivity index (χ4n) is 2.38. The second-order valence-electron chi connectivity index (χ2n) is 5.35. The summed E-state index contributed by atoms with van der Waals surface area (Å²) in [5, 5.41) is 10.2. The van der Waals surface area contributed by atoms with Gasteiger partial charge >= 0.3 is 0 Å². The first-order chi connectivity index (χ1) is 9.47. The molecule has 1 amide bonds. The van der Waals surface area contributed by atoms with Crippen LogP contribution in [0.2, 0.25) is 0 Å².